The van der Waals surface area contributed by atoms with E-state index in [-0.39, 0.29) is 6.61 Å². The summed E-state index contributed by atoms with van der Waals surface area (Å²) < 4.78 is 4.81. The molecule has 2 nitrogen and oxygen atoms in total. The zero-order chi connectivity index (χ0) is 9.40. The molecule has 0 amide bonds. The summed E-state index contributed by atoms with van der Waals surface area (Å²) >= 11 is 0. The van der Waals surface area contributed by atoms with E-state index in [9.17, 15) is 0 Å². The average Bonchev–Trinajstić information content (AvgIpc) is 2.10. The van der Waals surface area contributed by atoms with Gasteiger partial charge in [-0.2, -0.15) is 0 Å². The highest BCUT2D eigenvalue weighted by Crippen LogP contribution is 1.99. The highest BCUT2D eigenvalue weighted by molar-refractivity contribution is 5.30. The van der Waals surface area contributed by atoms with E-state index in [0.29, 0.717) is 5.76 Å². The quantitative estimate of drug-likeness (QED) is 0.498. The van der Waals surface area contributed by atoms with Crippen molar-refractivity contribution in [2.24, 2.45) is 0 Å². The van der Waals surface area contributed by atoms with E-state index in [1.165, 1.54) is 0 Å². The molecule has 0 aromatic heterocycles. The Kier molecular flexibility index (Phi) is 5.75. The largest absolute Gasteiger partial charge is 0.497 e. The lowest BCUT2D eigenvalue weighted by Gasteiger charge is -1.95. The van der Waals surface area contributed by atoms with Crippen LogP contribution in [0.25, 0.3) is 0 Å². The Bertz CT molecular complexity index is 212. The summed E-state index contributed by atoms with van der Waals surface area (Å²) in [7, 11) is 1.55. The molecule has 0 aliphatic rings. The van der Waals surface area contributed by atoms with Crippen molar-refractivity contribution >= 4 is 0 Å². The highest BCUT2D eigenvalue weighted by atomic mass is 16.5. The predicted octanol–water partition coefficient (Wildman–Crippen LogP) is 1.81. The molecule has 0 atom stereocenters. The van der Waals surface area contributed by atoms with Crippen molar-refractivity contribution in [3.63, 3.8) is 0 Å². The van der Waals surface area contributed by atoms with Gasteiger partial charge >= 0.3 is 0 Å². The van der Waals surface area contributed by atoms with Crippen LogP contribution >= 0.6 is 0 Å². The van der Waals surface area contributed by atoms with Gasteiger partial charge in [-0.05, 0) is 11.6 Å². The Balaban J connectivity index is 3.91. The minimum absolute atomic E-state index is 0.0259. The first-order valence-corrected chi connectivity index (χ1v) is 3.58. The van der Waals surface area contributed by atoms with Gasteiger partial charge in [0.2, 0.25) is 0 Å². The molecular formula is C10H14O2. The van der Waals surface area contributed by atoms with Crippen molar-refractivity contribution in [2.75, 3.05) is 13.7 Å². The van der Waals surface area contributed by atoms with Crippen LogP contribution in [0.5, 0.6) is 0 Å². The molecule has 0 heterocycles. The van der Waals surface area contributed by atoms with Crippen LogP contribution in [0, 0.1) is 0 Å². The van der Waals surface area contributed by atoms with E-state index in [1.807, 2.05) is 0 Å². The highest BCUT2D eigenvalue weighted by Gasteiger charge is 1.82. The van der Waals surface area contributed by atoms with Crippen LogP contribution in [0.2, 0.25) is 0 Å². The van der Waals surface area contributed by atoms with Gasteiger partial charge in [-0.25, -0.2) is 0 Å². The van der Waals surface area contributed by atoms with Crippen LogP contribution in [0.3, 0.4) is 0 Å². The molecule has 12 heavy (non-hydrogen) atoms. The fourth-order valence-electron chi connectivity index (χ4n) is 0.528. The van der Waals surface area contributed by atoms with Gasteiger partial charge in [-0.3, -0.25) is 0 Å². The molecule has 1 N–H and O–H groups in total. The van der Waals surface area contributed by atoms with Gasteiger partial charge < -0.3 is 9.84 Å². The molecule has 0 spiro atoms. The number of hydrogen-bond acceptors (Lipinski definition) is 2. The van der Waals surface area contributed by atoms with Crippen molar-refractivity contribution in [1.29, 1.82) is 0 Å². The lowest BCUT2D eigenvalue weighted by atomic mass is 10.2. The normalized spacial score (nSPS) is 10.8. The molecule has 0 aliphatic heterocycles. The maximum absolute atomic E-state index is 8.44. The second-order valence-corrected chi connectivity index (χ2v) is 2.16. The zero-order valence-corrected chi connectivity index (χ0v) is 7.29. The molecule has 0 bridgehead atoms. The fraction of sp³-hybridized carbons (Fsp3) is 0.200. The number of methoxy groups -OCH3 is 1. The van der Waals surface area contributed by atoms with E-state index in [2.05, 4.69) is 13.2 Å². The Morgan fingerprint density at radius 2 is 2.00 bits per heavy atom. The van der Waals surface area contributed by atoms with Crippen molar-refractivity contribution < 1.29 is 9.84 Å². The smallest absolute Gasteiger partial charge is 0.111 e. The molecule has 66 valence electrons. The van der Waals surface area contributed by atoms with Crippen molar-refractivity contribution in [3.05, 3.63) is 48.8 Å². The minimum atomic E-state index is 0.0259. The summed E-state index contributed by atoms with van der Waals surface area (Å²) in [6.07, 6.45) is 6.81. The summed E-state index contributed by atoms with van der Waals surface area (Å²) in [6, 6.07) is 0. The first-order chi connectivity index (χ1) is 5.70. The third-order valence-corrected chi connectivity index (χ3v) is 1.18. The van der Waals surface area contributed by atoms with Crippen molar-refractivity contribution in [1.82, 2.24) is 0 Å². The molecule has 0 aliphatic carbocycles. The number of aliphatic hydroxyl groups is 1. The molecule has 0 aromatic rings. The second-order valence-electron chi connectivity index (χ2n) is 2.16. The molecule has 0 radical (unpaired) electrons. The third-order valence-electron chi connectivity index (χ3n) is 1.18. The van der Waals surface area contributed by atoms with E-state index in [4.69, 9.17) is 9.84 Å². The molecule has 2 heteroatoms. The first kappa shape index (κ1) is 10.7. The lowest BCUT2D eigenvalue weighted by Crippen LogP contribution is -1.78. The zero-order valence-electron chi connectivity index (χ0n) is 7.29. The number of ether oxygens (including phenoxy) is 1. The summed E-state index contributed by atoms with van der Waals surface area (Å²) in [5.74, 6) is 0.577. The number of aliphatic hydroxyl groups excluding tert-OH is 1. The monoisotopic (exact) mass is 166 g/mol. The van der Waals surface area contributed by atoms with Gasteiger partial charge in [0.25, 0.3) is 0 Å². The molecule has 0 rings (SSSR count). The van der Waals surface area contributed by atoms with Gasteiger partial charge in [0.15, 0.2) is 0 Å². The maximum Gasteiger partial charge on any atom is 0.111 e. The standard InChI is InChI=1S/C10H14O2/c1-9(5-4-8-11)6-7-10(2)12-3/h4-7,11H,1-2,8H2,3H3. The van der Waals surface area contributed by atoms with Crippen LogP contribution in [0.1, 0.15) is 0 Å². The van der Waals surface area contributed by atoms with E-state index in [1.54, 1.807) is 31.4 Å². The van der Waals surface area contributed by atoms with Gasteiger partial charge in [-0.1, -0.05) is 31.4 Å². The van der Waals surface area contributed by atoms with Gasteiger partial charge in [0.1, 0.15) is 5.76 Å². The van der Waals surface area contributed by atoms with Crippen molar-refractivity contribution in [3.8, 4) is 0 Å². The number of hydrogen-bond donors (Lipinski definition) is 1. The average molecular weight is 166 g/mol. The van der Waals surface area contributed by atoms with Crippen LogP contribution in [-0.2, 0) is 4.74 Å². The Morgan fingerprint density at radius 3 is 2.50 bits per heavy atom. The van der Waals surface area contributed by atoms with Crippen LogP contribution < -0.4 is 0 Å². The van der Waals surface area contributed by atoms with Crippen LogP contribution in [0.15, 0.2) is 48.8 Å². The second kappa shape index (κ2) is 6.43. The van der Waals surface area contributed by atoms with Gasteiger partial charge in [-0.15, -0.1) is 0 Å². The SMILES string of the molecule is C=C(C=CCO)C=CC(=C)OC. The number of allylic oxidation sites excluding steroid dienone is 4. The Morgan fingerprint density at radius 1 is 1.33 bits per heavy atom. The van der Waals surface area contributed by atoms with E-state index < -0.39 is 0 Å². The molecular weight excluding hydrogens is 152 g/mol. The predicted molar refractivity (Wildman–Crippen MR) is 50.7 cm³/mol. The lowest BCUT2D eigenvalue weighted by molar-refractivity contribution is 0.309. The molecule has 0 aromatic carbocycles. The molecule has 0 saturated carbocycles. The van der Waals surface area contributed by atoms with E-state index in [0.717, 1.165) is 5.57 Å². The Hall–Kier alpha value is -1.28. The first-order valence-electron chi connectivity index (χ1n) is 3.58. The summed E-state index contributed by atoms with van der Waals surface area (Å²) in [6.45, 7) is 7.34. The molecule has 0 unspecified atom stereocenters. The Labute approximate surface area is 73.2 Å². The van der Waals surface area contributed by atoms with Gasteiger partial charge in [0, 0.05) is 0 Å². The minimum Gasteiger partial charge on any atom is -0.497 e. The third kappa shape index (κ3) is 5.50. The summed E-state index contributed by atoms with van der Waals surface area (Å²) in [5, 5.41) is 8.44. The molecule has 0 saturated heterocycles. The van der Waals surface area contributed by atoms with Gasteiger partial charge in [0.05, 0.1) is 13.7 Å². The topological polar surface area (TPSA) is 29.5 Å². The van der Waals surface area contributed by atoms with Crippen LogP contribution in [-0.4, -0.2) is 18.8 Å². The van der Waals surface area contributed by atoms with Crippen molar-refractivity contribution in [2.45, 2.75) is 0 Å². The fourth-order valence-corrected chi connectivity index (χ4v) is 0.528. The van der Waals surface area contributed by atoms with Crippen LogP contribution in [0.4, 0.5) is 0 Å². The van der Waals surface area contributed by atoms with E-state index >= 15 is 0 Å². The summed E-state index contributed by atoms with van der Waals surface area (Å²) in [4.78, 5) is 0. The maximum atomic E-state index is 8.44. The number of rotatable bonds is 5. The summed E-state index contributed by atoms with van der Waals surface area (Å²) in [5.41, 5.74) is 0.794. The molecule has 0 fully saturated rings.